The van der Waals surface area contributed by atoms with Crippen molar-refractivity contribution in [3.05, 3.63) is 465 Å². The van der Waals surface area contributed by atoms with Crippen molar-refractivity contribution in [3.63, 3.8) is 0 Å². The van der Waals surface area contributed by atoms with Gasteiger partial charge in [0, 0.05) is 106 Å². The third-order valence-corrected chi connectivity index (χ3v) is 28.4. The number of nitrogens with zero attached hydrogens (tertiary/aromatic N) is 12. The summed E-state index contributed by atoms with van der Waals surface area (Å²) in [6.45, 7) is 22.9. The Bertz CT molecular complexity index is 10300. The first-order chi connectivity index (χ1) is 70.2. The van der Waals surface area contributed by atoms with Gasteiger partial charge in [-0.3, -0.25) is 39.5 Å². The van der Waals surface area contributed by atoms with E-state index in [-0.39, 0.29) is 22.6 Å². The first-order valence-corrected chi connectivity index (χ1v) is 47.0. The van der Waals surface area contributed by atoms with Gasteiger partial charge in [0.1, 0.15) is 0 Å². The fraction of sp³-hybridized carbons (Fsp3) is 0. The second-order valence-corrected chi connectivity index (χ2v) is 36.1. The summed E-state index contributed by atoms with van der Waals surface area (Å²) in [6, 6.07) is 140. The molecule has 0 unspecified atom stereocenters. The number of hydrogen-bond donors (Lipinski definition) is 0. The molecule has 142 heavy (non-hydrogen) atoms. The molecule has 0 atom stereocenters. The highest BCUT2D eigenvalue weighted by Gasteiger charge is 2.25. The topological polar surface area (TPSA) is 140 Å². The number of nitriles is 1. The van der Waals surface area contributed by atoms with Crippen molar-refractivity contribution < 1.29 is 0 Å². The van der Waals surface area contributed by atoms with E-state index in [9.17, 15) is 5.26 Å². The van der Waals surface area contributed by atoms with Gasteiger partial charge in [-0.25, -0.2) is 15.0 Å². The molecule has 0 spiro atoms. The largest absolute Gasteiger partial charge is 0.262 e. The van der Waals surface area contributed by atoms with Crippen molar-refractivity contribution in [1.82, 2.24) is 39.9 Å². The van der Waals surface area contributed by atoms with Crippen LogP contribution in [0.25, 0.3) is 296 Å². The van der Waals surface area contributed by atoms with E-state index in [4.69, 9.17) is 49.6 Å². The summed E-state index contributed by atoms with van der Waals surface area (Å²) < 4.78 is 0. The summed E-state index contributed by atoms with van der Waals surface area (Å²) in [5.41, 5.74) is 10.8. The number of para-hydroxylation sites is 3. The first-order valence-electron chi connectivity index (χ1n) is 47.0. The Morgan fingerprint density at radius 2 is 0.408 bits per heavy atom. The van der Waals surface area contributed by atoms with Crippen LogP contribution in [-0.2, 0) is 0 Å². The van der Waals surface area contributed by atoms with Crippen molar-refractivity contribution in [3.8, 4) is 6.07 Å². The molecule has 650 valence electrons. The van der Waals surface area contributed by atoms with Crippen LogP contribution >= 0.6 is 0 Å². The lowest BCUT2D eigenvalue weighted by atomic mass is 9.88. The van der Waals surface area contributed by atoms with Crippen molar-refractivity contribution in [2.75, 3.05) is 0 Å². The minimum absolute atomic E-state index is 0.0642. The van der Waals surface area contributed by atoms with Gasteiger partial charge >= 0.3 is 0 Å². The number of rotatable bonds is 0. The van der Waals surface area contributed by atoms with Gasteiger partial charge in [-0.1, -0.05) is 249 Å². The predicted molar refractivity (Wildman–Crippen MR) is 593 cm³/mol. The van der Waals surface area contributed by atoms with Crippen LogP contribution in [0.5, 0.6) is 0 Å². The number of fused-ring (bicyclic) bond motifs is 44. The van der Waals surface area contributed by atoms with E-state index < -0.39 is 0 Å². The van der Waals surface area contributed by atoms with Crippen molar-refractivity contribution in [2.24, 2.45) is 0 Å². The van der Waals surface area contributed by atoms with Crippen LogP contribution in [0.15, 0.2) is 425 Å². The maximum Gasteiger partial charge on any atom is 0.202 e. The molecular formula is C130H70N12. The van der Waals surface area contributed by atoms with E-state index in [0.29, 0.717) is 10.8 Å². The van der Waals surface area contributed by atoms with Gasteiger partial charge < -0.3 is 0 Å². The minimum atomic E-state index is -0.0652. The summed E-state index contributed by atoms with van der Waals surface area (Å²) in [6.07, 6.45) is 9.28. The summed E-state index contributed by atoms with van der Waals surface area (Å²) in [7, 11) is 0. The first kappa shape index (κ1) is 81.5. The Hall–Kier alpha value is -20.0. The summed E-state index contributed by atoms with van der Waals surface area (Å²) >= 11 is 0. The van der Waals surface area contributed by atoms with Crippen LogP contribution < -0.4 is 0 Å². The highest BCUT2D eigenvalue weighted by atomic mass is 14.8. The maximum absolute atomic E-state index is 9.92. The Morgan fingerprint density at radius 3 is 0.824 bits per heavy atom. The zero-order chi connectivity index (χ0) is 94.3. The zero-order valence-corrected chi connectivity index (χ0v) is 75.8. The van der Waals surface area contributed by atoms with Crippen molar-refractivity contribution in [2.45, 2.75) is 0 Å². The summed E-state index contributed by atoms with van der Waals surface area (Å²) in [5.74, 6) is 0. The van der Waals surface area contributed by atoms with E-state index >= 15 is 0 Å². The molecule has 31 aromatic rings. The lowest BCUT2D eigenvalue weighted by Gasteiger charge is -2.16. The molecule has 0 aliphatic carbocycles. The lowest BCUT2D eigenvalue weighted by molar-refractivity contribution is 1.40. The van der Waals surface area contributed by atoms with Crippen LogP contribution in [0.3, 0.4) is 0 Å². The molecule has 31 rings (SSSR count). The van der Waals surface area contributed by atoms with Crippen molar-refractivity contribution >= 4 is 299 Å². The molecule has 0 aliphatic rings. The van der Waals surface area contributed by atoms with Crippen LogP contribution in [0, 0.1) is 31.0 Å². The molecule has 0 bridgehead atoms. The highest BCUT2D eigenvalue weighted by Crippen LogP contribution is 2.52. The van der Waals surface area contributed by atoms with Gasteiger partial charge in [0.15, 0.2) is 5.69 Å². The lowest BCUT2D eigenvalue weighted by Crippen LogP contribution is -1.92. The minimum Gasteiger partial charge on any atom is -0.262 e. The van der Waals surface area contributed by atoms with E-state index in [0.717, 1.165) is 125 Å². The van der Waals surface area contributed by atoms with Gasteiger partial charge in [0.05, 0.1) is 92.0 Å². The average Bonchev–Trinajstić information content (AvgIpc) is 0.705. The molecular weight excluding hydrogens is 1730 g/mol. The third kappa shape index (κ3) is 13.0. The van der Waals surface area contributed by atoms with Crippen LogP contribution in [0.2, 0.25) is 0 Å². The molecule has 12 heteroatoms. The third-order valence-electron chi connectivity index (χ3n) is 28.4. The van der Waals surface area contributed by atoms with Gasteiger partial charge in [0.25, 0.3) is 0 Å². The van der Waals surface area contributed by atoms with E-state index in [1.165, 1.54) is 145 Å². The van der Waals surface area contributed by atoms with Gasteiger partial charge in [-0.2, -0.15) is 5.26 Å². The van der Waals surface area contributed by atoms with Gasteiger partial charge in [-0.05, 0) is 291 Å². The number of aromatic nitrogens is 8. The molecule has 0 amide bonds. The second-order valence-electron chi connectivity index (χ2n) is 36.1. The number of hydrogen-bond acceptors (Lipinski definition) is 9. The SMILES string of the molecule is [C-]#[N+]c1c([N+]#[C-])c([N+]#[C-])c2cc3c(cc2c1C#N)c1cccnc1c1cc2ccccc2cc31.c1ccc2cc3c(cc2c1)c1cc2ccccc2cc1c1ncccc31.c1ccc2cc3c(cc2c1)c1cc2ccccc2nc1c1cccnc31.c1ccc2cc3c(cc2c1)c1ncccc1c1c2ccccc2c2ccccc2c31.c1ccc2cc3c(cc2c1)c1ncccc1c1nc2ccccc2nc31. The fourth-order valence-corrected chi connectivity index (χ4v) is 22.0. The van der Waals surface area contributed by atoms with Crippen LogP contribution in [-0.4, -0.2) is 39.9 Å². The fourth-order valence-electron chi connectivity index (χ4n) is 22.0. The predicted octanol–water partition coefficient (Wildman–Crippen LogP) is 35.1. The molecule has 0 fully saturated rings. The molecule has 0 radical (unpaired) electrons. The number of pyridine rings is 6. The van der Waals surface area contributed by atoms with Crippen molar-refractivity contribution in [1.29, 1.82) is 5.26 Å². The molecule has 7 aromatic heterocycles. The molecule has 7 heterocycles. The zero-order valence-electron chi connectivity index (χ0n) is 75.8. The highest BCUT2D eigenvalue weighted by molar-refractivity contribution is 6.41. The molecule has 0 saturated heterocycles. The van der Waals surface area contributed by atoms with Gasteiger partial charge in [0.2, 0.25) is 11.4 Å². The standard InChI is InChI=1S/C29H11N5.C29H17N.C25H15N.C24H14N2.C23H13N3/c1-31-27-24-14-21-19-11-16-7-4-5-8-17(16)12-23(19)26-18(9-6-10-34-26)20(21)13-22(24)25(15-30)28(32-2)29(27)33-3;1-2-9-19-17-26-25(16-18(19)8-1)28-23-13-6-4-11-21(23)20-10-3-5-12-22(20)27(28)24-14-7-15-30-29(24)26;1-2-7-17-13-22-21(12-16(17)6-1)20-10-5-11-26-25(20)24-15-19-9-4-3-8-18(19)14-23(22)24;1-2-7-16-13-20-19(12-15(16)6-1)21-14-17-8-3-4-10-22(17)26-24(21)18-9-5-11-25-23(18)20;1-2-7-15-13-18-17(12-14(15)6-1)21-16(8-5-11-24-21)22-23(18)26-20-10-4-3-9-19(20)25-22/h4-14H;1-17H;1-15H;1-14H;1-13H. The molecule has 0 aliphatic heterocycles. The quantitative estimate of drug-likeness (QED) is 0.0824. The smallest absolute Gasteiger partial charge is 0.202 e. The Labute approximate surface area is 809 Å². The van der Waals surface area contributed by atoms with Crippen LogP contribution in [0.1, 0.15) is 5.56 Å². The molecule has 12 nitrogen and oxygen atoms in total. The normalized spacial score (nSPS) is 11.6. The molecule has 0 N–H and O–H groups in total. The van der Waals surface area contributed by atoms with E-state index in [1.54, 1.807) is 6.20 Å². The second kappa shape index (κ2) is 32.9. The molecule has 0 saturated carbocycles. The van der Waals surface area contributed by atoms with Crippen LogP contribution in [0.4, 0.5) is 17.1 Å². The molecule has 24 aromatic carbocycles. The monoisotopic (exact) mass is 1800 g/mol. The Kier molecular flexibility index (Phi) is 18.9. The summed E-state index contributed by atoms with van der Waals surface area (Å²) in [5, 5.41) is 57.2. The summed E-state index contributed by atoms with van der Waals surface area (Å²) in [4.78, 5) is 49.1. The van der Waals surface area contributed by atoms with E-state index in [2.05, 4.69) is 340 Å². The Balaban J connectivity index is 0.0000000891. The maximum atomic E-state index is 9.92. The van der Waals surface area contributed by atoms with Gasteiger partial charge in [-0.15, -0.1) is 0 Å². The Morgan fingerprint density at radius 1 is 0.169 bits per heavy atom. The van der Waals surface area contributed by atoms with E-state index in [1.807, 2.05) is 110 Å². The number of benzene rings is 24. The average molecular weight is 1800 g/mol.